The van der Waals surface area contributed by atoms with Crippen molar-refractivity contribution in [2.24, 2.45) is 0 Å². The summed E-state index contributed by atoms with van der Waals surface area (Å²) in [5.41, 5.74) is 1.47. The maximum Gasteiger partial charge on any atom is 0.410 e. The highest BCUT2D eigenvalue weighted by atomic mass is 19.1. The number of carbonyl (C=O) groups excluding carboxylic acids is 3. The van der Waals surface area contributed by atoms with Crippen LogP contribution in [-0.2, 0) is 22.7 Å². The van der Waals surface area contributed by atoms with Crippen molar-refractivity contribution in [3.63, 3.8) is 0 Å². The van der Waals surface area contributed by atoms with Crippen molar-refractivity contribution < 1.29 is 28.2 Å². The highest BCUT2D eigenvalue weighted by molar-refractivity contribution is 5.95. The molecule has 4 aromatic rings. The molecule has 2 fully saturated rings. The van der Waals surface area contributed by atoms with E-state index in [2.05, 4.69) is 10.2 Å². The van der Waals surface area contributed by atoms with Crippen LogP contribution >= 0.6 is 0 Å². The molecule has 0 saturated carbocycles. The Balaban J connectivity index is 1.04. The number of ether oxygens (including phenoxy) is 2. The Kier molecular flexibility index (Phi) is 9.23. The number of aromatic nitrogens is 2. The van der Waals surface area contributed by atoms with Crippen LogP contribution in [0.1, 0.15) is 40.7 Å². The number of rotatable bonds is 7. The van der Waals surface area contributed by atoms with E-state index in [9.17, 15) is 23.6 Å². The topological polar surface area (TPSA) is 125 Å². The van der Waals surface area contributed by atoms with Gasteiger partial charge in [0.1, 0.15) is 25.1 Å². The number of hydrogen-bond donors (Lipinski definition) is 1. The molecular formula is C34H34FN5O6. The lowest BCUT2D eigenvalue weighted by Crippen LogP contribution is -2.57. The minimum atomic E-state index is -0.619. The average Bonchev–Trinajstić information content (AvgIpc) is 3.10. The lowest BCUT2D eigenvalue weighted by molar-refractivity contribution is -0.139. The number of nitrogens with one attached hydrogen (secondary N) is 1. The lowest BCUT2D eigenvalue weighted by atomic mass is 10.0. The van der Waals surface area contributed by atoms with Gasteiger partial charge in [0, 0.05) is 38.3 Å². The number of H-pyrrole nitrogens is 1. The van der Waals surface area contributed by atoms with Gasteiger partial charge in [0.25, 0.3) is 11.5 Å². The summed E-state index contributed by atoms with van der Waals surface area (Å²) >= 11 is 0. The molecule has 3 amide bonds. The summed E-state index contributed by atoms with van der Waals surface area (Å²) in [5.74, 6) is -0.975. The summed E-state index contributed by atoms with van der Waals surface area (Å²) in [7, 11) is 0. The third-order valence-corrected chi connectivity index (χ3v) is 8.39. The van der Waals surface area contributed by atoms with Crippen LogP contribution in [0, 0.1) is 5.82 Å². The first-order valence-electron chi connectivity index (χ1n) is 15.3. The van der Waals surface area contributed by atoms with Gasteiger partial charge in [-0.05, 0) is 54.7 Å². The molecule has 2 aliphatic heterocycles. The second kappa shape index (κ2) is 13.8. The predicted octanol–water partition coefficient (Wildman–Crippen LogP) is 4.12. The Hall–Kier alpha value is -5.26. The van der Waals surface area contributed by atoms with Gasteiger partial charge in [0.15, 0.2) is 0 Å². The molecule has 1 N–H and O–H groups in total. The molecule has 0 bridgehead atoms. The number of aromatic amines is 1. The van der Waals surface area contributed by atoms with E-state index in [1.54, 1.807) is 39.0 Å². The molecule has 2 aliphatic rings. The molecule has 6 rings (SSSR count). The Bertz CT molecular complexity index is 1790. The normalized spacial score (nSPS) is 16.7. The Morgan fingerprint density at radius 2 is 1.59 bits per heavy atom. The summed E-state index contributed by atoms with van der Waals surface area (Å²) in [4.78, 5) is 56.9. The SMILES string of the molecule is O=C(c1cccc(COc2n[nH]c(=O)c3cccc(F)c23)c1)N1CCN(C(=O)C2CCCCN2C(=O)OCc2ccccc2)CC1. The van der Waals surface area contributed by atoms with Crippen LogP contribution in [0.15, 0.2) is 77.6 Å². The minimum absolute atomic E-state index is 0.00243. The van der Waals surface area contributed by atoms with E-state index in [1.165, 1.54) is 18.2 Å². The Morgan fingerprint density at radius 3 is 2.39 bits per heavy atom. The lowest BCUT2D eigenvalue weighted by Gasteiger charge is -2.40. The molecule has 12 heteroatoms. The van der Waals surface area contributed by atoms with Crippen LogP contribution in [0.4, 0.5) is 9.18 Å². The van der Waals surface area contributed by atoms with Crippen LogP contribution in [0.5, 0.6) is 5.88 Å². The number of halogens is 1. The van der Waals surface area contributed by atoms with Crippen molar-refractivity contribution >= 4 is 28.7 Å². The van der Waals surface area contributed by atoms with E-state index in [0.29, 0.717) is 50.3 Å². The molecule has 1 atom stereocenters. The first kappa shape index (κ1) is 30.8. The van der Waals surface area contributed by atoms with Crippen molar-refractivity contribution in [3.8, 4) is 5.88 Å². The number of nitrogens with zero attached hydrogens (tertiary/aromatic N) is 4. The molecule has 1 unspecified atom stereocenters. The van der Waals surface area contributed by atoms with Crippen LogP contribution in [0.25, 0.3) is 10.8 Å². The van der Waals surface area contributed by atoms with Crippen molar-refractivity contribution in [2.75, 3.05) is 32.7 Å². The molecule has 2 saturated heterocycles. The molecule has 0 spiro atoms. The van der Waals surface area contributed by atoms with Crippen molar-refractivity contribution in [3.05, 3.63) is 106 Å². The van der Waals surface area contributed by atoms with Gasteiger partial charge < -0.3 is 19.3 Å². The van der Waals surface area contributed by atoms with Gasteiger partial charge in [-0.25, -0.2) is 14.3 Å². The van der Waals surface area contributed by atoms with E-state index in [4.69, 9.17) is 9.47 Å². The summed E-state index contributed by atoms with van der Waals surface area (Å²) in [6.07, 6.45) is 1.74. The van der Waals surface area contributed by atoms with Crippen molar-refractivity contribution in [1.29, 1.82) is 0 Å². The standard InChI is InChI=1S/C34H34FN5O6/c35-27-13-7-12-26-29(27)31(37-36-30(26)41)45-22-24-10-6-11-25(20-24)32(42)38-16-18-39(19-17-38)33(43)28-14-4-5-15-40(28)34(44)46-21-23-8-2-1-3-9-23/h1-3,6-13,20,28H,4-5,14-19,21-22H2,(H,36,41). The molecule has 0 aliphatic carbocycles. The largest absolute Gasteiger partial charge is 0.471 e. The van der Waals surface area contributed by atoms with Crippen molar-refractivity contribution in [1.82, 2.24) is 24.9 Å². The van der Waals surface area contributed by atoms with Gasteiger partial charge >= 0.3 is 6.09 Å². The maximum absolute atomic E-state index is 14.5. The second-order valence-electron chi connectivity index (χ2n) is 11.4. The highest BCUT2D eigenvalue weighted by Gasteiger charge is 2.37. The molecule has 238 valence electrons. The van der Waals surface area contributed by atoms with E-state index in [0.717, 1.165) is 18.4 Å². The number of amides is 3. The number of hydrogen-bond acceptors (Lipinski definition) is 7. The molecule has 3 heterocycles. The highest BCUT2D eigenvalue weighted by Crippen LogP contribution is 2.25. The third-order valence-electron chi connectivity index (χ3n) is 8.39. The Morgan fingerprint density at radius 1 is 0.848 bits per heavy atom. The zero-order valence-electron chi connectivity index (χ0n) is 25.2. The summed E-state index contributed by atoms with van der Waals surface area (Å²) in [6.45, 7) is 2.01. The fourth-order valence-electron chi connectivity index (χ4n) is 5.93. The van der Waals surface area contributed by atoms with Gasteiger partial charge in [-0.15, -0.1) is 5.10 Å². The number of fused-ring (bicyclic) bond motifs is 1. The zero-order valence-corrected chi connectivity index (χ0v) is 25.2. The zero-order chi connectivity index (χ0) is 32.0. The number of piperazine rings is 1. The van der Waals surface area contributed by atoms with Crippen LogP contribution in [-0.4, -0.2) is 81.6 Å². The van der Waals surface area contributed by atoms with Crippen LogP contribution < -0.4 is 10.3 Å². The van der Waals surface area contributed by atoms with Gasteiger partial charge in [-0.3, -0.25) is 19.3 Å². The van der Waals surface area contributed by atoms with Crippen LogP contribution in [0.2, 0.25) is 0 Å². The van der Waals surface area contributed by atoms with E-state index < -0.39 is 23.5 Å². The molecule has 0 radical (unpaired) electrons. The van der Waals surface area contributed by atoms with E-state index in [-0.39, 0.29) is 41.7 Å². The van der Waals surface area contributed by atoms with Gasteiger partial charge in [-0.2, -0.15) is 0 Å². The molecule has 46 heavy (non-hydrogen) atoms. The summed E-state index contributed by atoms with van der Waals surface area (Å²) < 4.78 is 25.8. The molecule has 11 nitrogen and oxygen atoms in total. The third kappa shape index (κ3) is 6.70. The number of likely N-dealkylation sites (tertiary alicyclic amines) is 1. The minimum Gasteiger partial charge on any atom is -0.471 e. The quantitative estimate of drug-likeness (QED) is 0.327. The monoisotopic (exact) mass is 627 g/mol. The van der Waals surface area contributed by atoms with Gasteiger partial charge in [0.2, 0.25) is 11.8 Å². The average molecular weight is 628 g/mol. The predicted molar refractivity (Wildman–Crippen MR) is 167 cm³/mol. The van der Waals surface area contributed by atoms with E-state index >= 15 is 0 Å². The fourth-order valence-corrected chi connectivity index (χ4v) is 5.93. The maximum atomic E-state index is 14.5. The van der Waals surface area contributed by atoms with E-state index in [1.807, 2.05) is 30.3 Å². The van der Waals surface area contributed by atoms with Crippen molar-refractivity contribution in [2.45, 2.75) is 38.5 Å². The fraction of sp³-hybridized carbons (Fsp3) is 0.324. The number of benzene rings is 3. The first-order valence-corrected chi connectivity index (χ1v) is 15.3. The Labute approximate surface area is 264 Å². The smallest absolute Gasteiger partial charge is 0.410 e. The van der Waals surface area contributed by atoms with Gasteiger partial charge in [-0.1, -0.05) is 48.5 Å². The molecule has 1 aromatic heterocycles. The summed E-state index contributed by atoms with van der Waals surface area (Å²) in [6, 6.07) is 19.9. The van der Waals surface area contributed by atoms with Gasteiger partial charge in [0.05, 0.1) is 10.8 Å². The first-order chi connectivity index (χ1) is 22.4. The van der Waals surface area contributed by atoms with Crippen LogP contribution in [0.3, 0.4) is 0 Å². The second-order valence-corrected chi connectivity index (χ2v) is 11.4. The number of carbonyl (C=O) groups is 3. The molecular weight excluding hydrogens is 593 g/mol. The molecule has 3 aromatic carbocycles. The summed E-state index contributed by atoms with van der Waals surface area (Å²) in [5, 5.41) is 6.31. The number of piperidine rings is 1.